The van der Waals surface area contributed by atoms with Gasteiger partial charge in [0.1, 0.15) is 5.75 Å². The number of hydrogen-bond donors (Lipinski definition) is 0. The molecule has 0 bridgehead atoms. The highest BCUT2D eigenvalue weighted by atomic mass is 16.5. The minimum atomic E-state index is -0.318. The van der Waals surface area contributed by atoms with Gasteiger partial charge in [-0.2, -0.15) is 0 Å². The highest BCUT2D eigenvalue weighted by Crippen LogP contribution is 2.27. The van der Waals surface area contributed by atoms with Crippen molar-refractivity contribution in [3.05, 3.63) is 29.8 Å². The lowest BCUT2D eigenvalue weighted by molar-refractivity contribution is -0.146. The molecule has 0 aliphatic heterocycles. The summed E-state index contributed by atoms with van der Waals surface area (Å²) < 4.78 is 10.0. The van der Waals surface area contributed by atoms with Crippen LogP contribution in [0.25, 0.3) is 0 Å². The Balaban J connectivity index is 1.98. The lowest BCUT2D eigenvalue weighted by Gasteiger charge is -2.28. The molecule has 1 aromatic carbocycles. The number of hydrogen-bond acceptors (Lipinski definition) is 4. The van der Waals surface area contributed by atoms with Gasteiger partial charge in [-0.25, -0.2) is 0 Å². The molecule has 0 heterocycles. The molecular formula is C22H33NO4. The average Bonchev–Trinajstić information content (AvgIpc) is 2.71. The lowest BCUT2D eigenvalue weighted by Crippen LogP contribution is -2.39. The van der Waals surface area contributed by atoms with Gasteiger partial charge in [0.05, 0.1) is 20.1 Å². The Morgan fingerprint density at radius 3 is 2.37 bits per heavy atom. The highest BCUT2D eigenvalue weighted by Gasteiger charge is 2.24. The first-order valence-electron chi connectivity index (χ1n) is 10.0. The van der Waals surface area contributed by atoms with Gasteiger partial charge in [0.25, 0.3) is 0 Å². The largest absolute Gasteiger partial charge is 0.497 e. The van der Waals surface area contributed by atoms with Crippen molar-refractivity contribution >= 4 is 11.9 Å². The standard InChI is InChI=1S/C22H33NO4/c1-17(22(25)27-3)16-23(21(24)15-19-7-5-4-6-8-19)14-13-18-9-11-20(26-2)12-10-18/h9-12,17,19H,4-8,13-16H2,1-3H3. The Kier molecular flexibility index (Phi) is 8.62. The minimum Gasteiger partial charge on any atom is -0.497 e. The zero-order chi connectivity index (χ0) is 19.6. The van der Waals surface area contributed by atoms with Crippen LogP contribution < -0.4 is 4.74 Å². The monoisotopic (exact) mass is 375 g/mol. The molecule has 1 aliphatic rings. The van der Waals surface area contributed by atoms with Gasteiger partial charge in [0.15, 0.2) is 0 Å². The lowest BCUT2D eigenvalue weighted by atomic mass is 9.86. The summed E-state index contributed by atoms with van der Waals surface area (Å²) >= 11 is 0. The molecule has 1 saturated carbocycles. The molecule has 1 amide bonds. The van der Waals surface area contributed by atoms with Crippen molar-refractivity contribution in [2.24, 2.45) is 11.8 Å². The second-order valence-corrected chi connectivity index (χ2v) is 7.57. The van der Waals surface area contributed by atoms with Crippen LogP contribution in [0, 0.1) is 11.8 Å². The molecule has 1 atom stereocenters. The fourth-order valence-corrected chi connectivity index (χ4v) is 3.75. The highest BCUT2D eigenvalue weighted by molar-refractivity contribution is 5.78. The zero-order valence-corrected chi connectivity index (χ0v) is 16.9. The minimum absolute atomic E-state index is 0.158. The van der Waals surface area contributed by atoms with Crippen LogP contribution in [-0.2, 0) is 20.7 Å². The topological polar surface area (TPSA) is 55.8 Å². The molecule has 1 fully saturated rings. The van der Waals surface area contributed by atoms with Crippen molar-refractivity contribution < 1.29 is 19.1 Å². The molecule has 0 aromatic heterocycles. The Hall–Kier alpha value is -2.04. The Morgan fingerprint density at radius 2 is 1.78 bits per heavy atom. The summed E-state index contributed by atoms with van der Waals surface area (Å²) in [6, 6.07) is 7.90. The summed E-state index contributed by atoms with van der Waals surface area (Å²) in [4.78, 5) is 26.6. The maximum atomic E-state index is 12.9. The number of benzene rings is 1. The summed E-state index contributed by atoms with van der Waals surface area (Å²) in [5.74, 6) is 0.883. The zero-order valence-electron chi connectivity index (χ0n) is 16.9. The van der Waals surface area contributed by atoms with Crippen molar-refractivity contribution in [1.82, 2.24) is 4.90 Å². The van der Waals surface area contributed by atoms with E-state index in [2.05, 4.69) is 0 Å². The van der Waals surface area contributed by atoms with E-state index in [0.717, 1.165) is 30.6 Å². The molecule has 27 heavy (non-hydrogen) atoms. The normalized spacial score (nSPS) is 15.8. The van der Waals surface area contributed by atoms with Gasteiger partial charge in [-0.3, -0.25) is 9.59 Å². The molecule has 5 heteroatoms. The van der Waals surface area contributed by atoms with E-state index in [4.69, 9.17) is 9.47 Å². The van der Waals surface area contributed by atoms with E-state index in [1.807, 2.05) is 36.1 Å². The van der Waals surface area contributed by atoms with E-state index in [1.54, 1.807) is 7.11 Å². The average molecular weight is 376 g/mol. The predicted molar refractivity (Wildman–Crippen MR) is 106 cm³/mol. The van der Waals surface area contributed by atoms with Crippen LogP contribution in [0.5, 0.6) is 5.75 Å². The molecule has 1 aliphatic carbocycles. The number of amides is 1. The molecule has 1 unspecified atom stereocenters. The molecule has 5 nitrogen and oxygen atoms in total. The van der Waals surface area contributed by atoms with Gasteiger partial charge in [-0.15, -0.1) is 0 Å². The first-order valence-corrected chi connectivity index (χ1v) is 10.0. The van der Waals surface area contributed by atoms with E-state index in [0.29, 0.717) is 25.4 Å². The van der Waals surface area contributed by atoms with E-state index >= 15 is 0 Å². The summed E-state index contributed by atoms with van der Waals surface area (Å²) in [5.41, 5.74) is 1.15. The fraction of sp³-hybridized carbons (Fsp3) is 0.636. The SMILES string of the molecule is COC(=O)C(C)CN(CCc1ccc(OC)cc1)C(=O)CC1CCCCC1. The van der Waals surface area contributed by atoms with Crippen LogP contribution >= 0.6 is 0 Å². The van der Waals surface area contributed by atoms with E-state index in [9.17, 15) is 9.59 Å². The maximum Gasteiger partial charge on any atom is 0.310 e. The van der Waals surface area contributed by atoms with Gasteiger partial charge < -0.3 is 14.4 Å². The van der Waals surface area contributed by atoms with E-state index in [-0.39, 0.29) is 17.8 Å². The molecule has 0 N–H and O–H groups in total. The summed E-state index contributed by atoms with van der Waals surface area (Å²) in [5, 5.41) is 0. The Bertz CT molecular complexity index is 593. The van der Waals surface area contributed by atoms with Gasteiger partial charge in [0, 0.05) is 19.5 Å². The van der Waals surface area contributed by atoms with E-state index in [1.165, 1.54) is 26.4 Å². The van der Waals surface area contributed by atoms with Gasteiger partial charge in [-0.05, 0) is 42.9 Å². The smallest absolute Gasteiger partial charge is 0.310 e. The van der Waals surface area contributed by atoms with Crippen molar-refractivity contribution in [3.63, 3.8) is 0 Å². The van der Waals surface area contributed by atoms with Gasteiger partial charge >= 0.3 is 5.97 Å². The molecule has 0 radical (unpaired) electrons. The number of rotatable bonds is 9. The number of carbonyl (C=O) groups excluding carboxylic acids is 2. The van der Waals surface area contributed by atoms with Crippen molar-refractivity contribution in [2.45, 2.75) is 51.9 Å². The predicted octanol–water partition coefficient (Wildman–Crippen LogP) is 3.85. The third-order valence-corrected chi connectivity index (χ3v) is 5.47. The van der Waals surface area contributed by atoms with Crippen molar-refractivity contribution in [3.8, 4) is 5.75 Å². The maximum absolute atomic E-state index is 12.9. The second-order valence-electron chi connectivity index (χ2n) is 7.57. The van der Waals surface area contributed by atoms with Crippen LogP contribution in [0.4, 0.5) is 0 Å². The van der Waals surface area contributed by atoms with Crippen LogP contribution in [0.1, 0.15) is 51.0 Å². The molecule has 150 valence electrons. The van der Waals surface area contributed by atoms with Crippen molar-refractivity contribution in [1.29, 1.82) is 0 Å². The van der Waals surface area contributed by atoms with Crippen LogP contribution in [-0.4, -0.2) is 44.1 Å². The second kappa shape index (κ2) is 11.0. The molecule has 0 spiro atoms. The Morgan fingerprint density at radius 1 is 1.11 bits per heavy atom. The van der Waals surface area contributed by atoms with E-state index < -0.39 is 0 Å². The summed E-state index contributed by atoms with van der Waals surface area (Å²) in [6.07, 6.45) is 7.37. The summed E-state index contributed by atoms with van der Waals surface area (Å²) in [7, 11) is 3.04. The van der Waals surface area contributed by atoms with Crippen LogP contribution in [0.15, 0.2) is 24.3 Å². The molecule has 0 saturated heterocycles. The number of methoxy groups -OCH3 is 2. The van der Waals surface area contributed by atoms with Gasteiger partial charge in [0.2, 0.25) is 5.91 Å². The van der Waals surface area contributed by atoms with Crippen molar-refractivity contribution in [2.75, 3.05) is 27.3 Å². The number of carbonyl (C=O) groups is 2. The molecular weight excluding hydrogens is 342 g/mol. The molecule has 2 rings (SSSR count). The number of ether oxygens (including phenoxy) is 2. The van der Waals surface area contributed by atoms with Crippen LogP contribution in [0.2, 0.25) is 0 Å². The first kappa shape index (κ1) is 21.3. The summed E-state index contributed by atoms with van der Waals surface area (Å²) in [6.45, 7) is 2.84. The number of esters is 1. The third-order valence-electron chi connectivity index (χ3n) is 5.47. The molecule has 1 aromatic rings. The van der Waals surface area contributed by atoms with Crippen LogP contribution in [0.3, 0.4) is 0 Å². The third kappa shape index (κ3) is 6.89. The first-order chi connectivity index (χ1) is 13.0. The fourth-order valence-electron chi connectivity index (χ4n) is 3.75. The number of nitrogens with zero attached hydrogens (tertiary/aromatic N) is 1. The van der Waals surface area contributed by atoms with Gasteiger partial charge in [-0.1, -0.05) is 38.3 Å². The quantitative estimate of drug-likeness (QED) is 0.615. The Labute approximate surface area is 163 Å².